The maximum absolute atomic E-state index is 11.2. The van der Waals surface area contributed by atoms with Crippen LogP contribution in [0.4, 0.5) is 0 Å². The molecule has 0 aliphatic rings. The third kappa shape index (κ3) is 5.73. The quantitative estimate of drug-likeness (QED) is 0.331. The van der Waals surface area contributed by atoms with Gasteiger partial charge in [0.15, 0.2) is 0 Å². The second-order valence-corrected chi connectivity index (χ2v) is 9.17. The molecule has 3 aromatic rings. The molecule has 27 heavy (non-hydrogen) atoms. The molecule has 0 saturated carbocycles. The van der Waals surface area contributed by atoms with Gasteiger partial charge in [-0.05, 0) is 42.0 Å². The molecular formula is C21H21NO2S3. The van der Waals surface area contributed by atoms with E-state index in [-0.39, 0.29) is 0 Å². The number of thiophene rings is 1. The highest BCUT2D eigenvalue weighted by atomic mass is 32.2. The molecule has 2 aromatic carbocycles. The molecule has 0 spiro atoms. The van der Waals surface area contributed by atoms with Crippen LogP contribution in [0.2, 0.25) is 0 Å². The highest BCUT2D eigenvalue weighted by Gasteiger charge is 2.09. The van der Waals surface area contributed by atoms with E-state index in [9.17, 15) is 9.00 Å². The predicted octanol–water partition coefficient (Wildman–Crippen LogP) is 5.68. The lowest BCUT2D eigenvalue weighted by Crippen LogP contribution is -1.86. The van der Waals surface area contributed by atoms with E-state index in [2.05, 4.69) is 19.1 Å². The number of aldehydes is 1. The Hall–Kier alpha value is -2.02. The lowest BCUT2D eigenvalue weighted by atomic mass is 9.99. The number of benzene rings is 2. The van der Waals surface area contributed by atoms with Gasteiger partial charge in [-0.2, -0.15) is 0 Å². The van der Waals surface area contributed by atoms with Crippen molar-refractivity contribution in [2.45, 2.75) is 16.0 Å². The van der Waals surface area contributed by atoms with E-state index in [1.54, 1.807) is 18.0 Å². The van der Waals surface area contributed by atoms with Gasteiger partial charge in [0.05, 0.1) is 19.9 Å². The zero-order valence-electron chi connectivity index (χ0n) is 15.4. The average molecular weight is 416 g/mol. The Morgan fingerprint density at radius 1 is 1.11 bits per heavy atom. The van der Waals surface area contributed by atoms with Gasteiger partial charge >= 0.3 is 0 Å². The zero-order valence-corrected chi connectivity index (χ0v) is 17.8. The van der Waals surface area contributed by atoms with Crippen molar-refractivity contribution in [3.63, 3.8) is 0 Å². The molecule has 1 heterocycles. The lowest BCUT2D eigenvalue weighted by molar-refractivity contribution is 0.112. The maximum atomic E-state index is 11.2. The first-order valence-corrected chi connectivity index (χ1v) is 11.7. The summed E-state index contributed by atoms with van der Waals surface area (Å²) in [5.74, 6) is 0. The summed E-state index contributed by atoms with van der Waals surface area (Å²) in [6, 6.07) is 17.7. The molecule has 3 nitrogen and oxygen atoms in total. The van der Waals surface area contributed by atoms with Crippen LogP contribution in [0.25, 0.3) is 11.1 Å². The SMILES string of the molecule is CSc1sc(C=N)cc1S(C)=O.Cc1ccc(C=O)cc1-c1ccccc1. The first kappa shape index (κ1) is 21.3. The van der Waals surface area contributed by atoms with Crippen molar-refractivity contribution in [3.05, 3.63) is 70.6 Å². The first-order valence-electron chi connectivity index (χ1n) is 8.13. The molecule has 3 rings (SSSR count). The Labute approximate surface area is 170 Å². The summed E-state index contributed by atoms with van der Waals surface area (Å²) in [4.78, 5) is 12.4. The molecule has 140 valence electrons. The van der Waals surface area contributed by atoms with E-state index in [0.29, 0.717) is 0 Å². The van der Waals surface area contributed by atoms with Gasteiger partial charge in [0.1, 0.15) is 6.29 Å². The molecule has 0 aliphatic heterocycles. The second kappa shape index (κ2) is 10.3. The van der Waals surface area contributed by atoms with Crippen molar-refractivity contribution in [1.29, 1.82) is 5.41 Å². The van der Waals surface area contributed by atoms with Crippen molar-refractivity contribution in [2.75, 3.05) is 12.5 Å². The van der Waals surface area contributed by atoms with Gasteiger partial charge in [-0.25, -0.2) is 0 Å². The fourth-order valence-corrected chi connectivity index (χ4v) is 5.60. The van der Waals surface area contributed by atoms with Crippen molar-refractivity contribution in [2.24, 2.45) is 0 Å². The molecular weight excluding hydrogens is 394 g/mol. The summed E-state index contributed by atoms with van der Waals surface area (Å²) in [7, 11) is -0.935. The topological polar surface area (TPSA) is 58.0 Å². The highest BCUT2D eigenvalue weighted by molar-refractivity contribution is 8.01. The average Bonchev–Trinajstić information content (AvgIpc) is 3.13. The number of thioether (sulfide) groups is 1. The van der Waals surface area contributed by atoms with E-state index in [1.165, 1.54) is 23.1 Å². The molecule has 0 bridgehead atoms. The minimum absolute atomic E-state index is 0.722. The largest absolute Gasteiger partial charge is 0.307 e. The smallest absolute Gasteiger partial charge is 0.150 e. The molecule has 6 heteroatoms. The monoisotopic (exact) mass is 415 g/mol. The van der Waals surface area contributed by atoms with Gasteiger partial charge in [-0.3, -0.25) is 9.00 Å². The summed E-state index contributed by atoms with van der Waals surface area (Å²) >= 11 is 3.10. The molecule has 1 aromatic heterocycles. The standard InChI is InChI=1S/C14H12O.C7H9NOS3/c1-11-7-8-12(10-15)9-14(11)13-5-3-2-4-6-13;1-10-7-6(12(2)9)3-5(4-8)11-7/h2-10H,1H3;3-4,8H,1-2H3. The van der Waals surface area contributed by atoms with Crippen LogP contribution in [-0.2, 0) is 10.8 Å². The summed E-state index contributed by atoms with van der Waals surface area (Å²) in [6.45, 7) is 2.05. The molecule has 0 aliphatic carbocycles. The van der Waals surface area contributed by atoms with Crippen molar-refractivity contribution >= 4 is 46.4 Å². The number of hydrogen-bond donors (Lipinski definition) is 1. The number of carbonyl (C=O) groups is 1. The van der Waals surface area contributed by atoms with E-state index < -0.39 is 10.8 Å². The van der Waals surface area contributed by atoms with Crippen molar-refractivity contribution in [1.82, 2.24) is 0 Å². The van der Waals surface area contributed by atoms with Crippen LogP contribution in [0.1, 0.15) is 20.8 Å². The highest BCUT2D eigenvalue weighted by Crippen LogP contribution is 2.31. The van der Waals surface area contributed by atoms with Gasteiger partial charge < -0.3 is 5.41 Å². The number of aryl methyl sites for hydroxylation is 1. The third-order valence-electron chi connectivity index (χ3n) is 3.80. The molecule has 0 amide bonds. The lowest BCUT2D eigenvalue weighted by Gasteiger charge is -2.06. The van der Waals surface area contributed by atoms with Crippen LogP contribution in [-0.4, -0.2) is 29.2 Å². The van der Waals surface area contributed by atoms with Crippen LogP contribution in [0.15, 0.2) is 63.7 Å². The Kier molecular flexibility index (Phi) is 8.16. The minimum atomic E-state index is -0.935. The van der Waals surface area contributed by atoms with Crippen LogP contribution in [0, 0.1) is 12.3 Å². The van der Waals surface area contributed by atoms with Gasteiger partial charge in [0, 0.05) is 22.9 Å². The minimum Gasteiger partial charge on any atom is -0.307 e. The number of nitrogens with one attached hydrogen (secondary N) is 1. The number of carbonyl (C=O) groups excluding carboxylic acids is 1. The predicted molar refractivity (Wildman–Crippen MR) is 118 cm³/mol. The van der Waals surface area contributed by atoms with Gasteiger partial charge in [0.2, 0.25) is 0 Å². The fraction of sp³-hybridized carbons (Fsp3) is 0.143. The number of rotatable bonds is 5. The third-order valence-corrected chi connectivity index (χ3v) is 7.22. The molecule has 0 radical (unpaired) electrons. The fourth-order valence-electron chi connectivity index (χ4n) is 2.43. The summed E-state index contributed by atoms with van der Waals surface area (Å²) in [5, 5.41) is 7.05. The van der Waals surface area contributed by atoms with Crippen LogP contribution < -0.4 is 0 Å². The normalized spacial score (nSPS) is 11.2. The van der Waals surface area contributed by atoms with E-state index in [1.807, 2.05) is 48.7 Å². The molecule has 0 saturated heterocycles. The molecule has 1 atom stereocenters. The van der Waals surface area contributed by atoms with Crippen molar-refractivity contribution < 1.29 is 9.00 Å². The summed E-state index contributed by atoms with van der Waals surface area (Å²) < 4.78 is 12.2. The Morgan fingerprint density at radius 2 is 1.81 bits per heavy atom. The van der Waals surface area contributed by atoms with Gasteiger partial charge in [0.25, 0.3) is 0 Å². The van der Waals surface area contributed by atoms with Crippen molar-refractivity contribution in [3.8, 4) is 11.1 Å². The zero-order chi connectivity index (χ0) is 19.8. The Morgan fingerprint density at radius 3 is 2.33 bits per heavy atom. The summed E-state index contributed by atoms with van der Waals surface area (Å²) in [5.41, 5.74) is 4.19. The van der Waals surface area contributed by atoms with E-state index in [0.717, 1.165) is 37.0 Å². The van der Waals surface area contributed by atoms with Gasteiger partial charge in [-0.15, -0.1) is 23.1 Å². The maximum Gasteiger partial charge on any atom is 0.150 e. The molecule has 0 fully saturated rings. The Bertz CT molecular complexity index is 949. The first-order chi connectivity index (χ1) is 13.0. The van der Waals surface area contributed by atoms with Crippen LogP contribution >= 0.6 is 23.1 Å². The molecule has 1 unspecified atom stereocenters. The second-order valence-electron chi connectivity index (χ2n) is 5.66. The van der Waals surface area contributed by atoms with Crippen LogP contribution in [0.5, 0.6) is 0 Å². The summed E-state index contributed by atoms with van der Waals surface area (Å²) in [6.07, 6.45) is 5.79. The van der Waals surface area contributed by atoms with E-state index >= 15 is 0 Å². The molecule has 1 N–H and O–H groups in total. The Balaban J connectivity index is 0.000000199. The number of hydrogen-bond acceptors (Lipinski definition) is 5. The van der Waals surface area contributed by atoms with Crippen LogP contribution in [0.3, 0.4) is 0 Å². The van der Waals surface area contributed by atoms with Gasteiger partial charge in [-0.1, -0.05) is 42.5 Å². The van der Waals surface area contributed by atoms with E-state index in [4.69, 9.17) is 5.41 Å².